The van der Waals surface area contributed by atoms with Gasteiger partial charge < -0.3 is 10.5 Å². The molecule has 3 N–H and O–H groups in total. The predicted molar refractivity (Wildman–Crippen MR) is 56.2 cm³/mol. The van der Waals surface area contributed by atoms with Gasteiger partial charge in [0.15, 0.2) is 0 Å². The molecule has 0 atom stereocenters. The third-order valence-electron chi connectivity index (χ3n) is 2.32. The number of nitrogens with one attached hydrogen (secondary N) is 1. The van der Waals surface area contributed by atoms with E-state index in [1.54, 1.807) is 6.20 Å². The summed E-state index contributed by atoms with van der Waals surface area (Å²) in [7, 11) is 0. The third-order valence-corrected chi connectivity index (χ3v) is 2.32. The second-order valence-corrected chi connectivity index (χ2v) is 3.57. The molecule has 5 heteroatoms. The van der Waals surface area contributed by atoms with E-state index in [0.717, 1.165) is 18.5 Å². The number of aromatic nitrogens is 2. The Morgan fingerprint density at radius 1 is 1.67 bits per heavy atom. The maximum Gasteiger partial charge on any atom is 0.316 e. The van der Waals surface area contributed by atoms with Gasteiger partial charge in [0, 0.05) is 12.1 Å². The van der Waals surface area contributed by atoms with Gasteiger partial charge >= 0.3 is 6.01 Å². The van der Waals surface area contributed by atoms with Crippen LogP contribution in [0.3, 0.4) is 0 Å². The van der Waals surface area contributed by atoms with Crippen molar-refractivity contribution in [3.63, 3.8) is 0 Å². The Labute approximate surface area is 88.2 Å². The van der Waals surface area contributed by atoms with Gasteiger partial charge in [-0.05, 0) is 19.8 Å². The standard InChI is InChI=1S/C10H14N4O/c1-2-15-10-13-5-7(9(11)12)8(14-10)6-3-4-6/h5-6H,2-4H2,1H3,(H3,11,12). The Hall–Kier alpha value is -1.65. The topological polar surface area (TPSA) is 84.9 Å². The fourth-order valence-electron chi connectivity index (χ4n) is 1.45. The zero-order valence-corrected chi connectivity index (χ0v) is 8.66. The summed E-state index contributed by atoms with van der Waals surface area (Å²) in [5, 5.41) is 7.43. The summed E-state index contributed by atoms with van der Waals surface area (Å²) < 4.78 is 5.23. The van der Waals surface area contributed by atoms with Crippen molar-refractivity contribution >= 4 is 5.84 Å². The van der Waals surface area contributed by atoms with Crippen LogP contribution >= 0.6 is 0 Å². The Bertz CT molecular complexity index is 387. The highest BCUT2D eigenvalue weighted by molar-refractivity contribution is 5.96. The Balaban J connectivity index is 2.35. The number of nitrogens with zero attached hydrogens (tertiary/aromatic N) is 2. The molecule has 1 aliphatic rings. The van der Waals surface area contributed by atoms with Crippen molar-refractivity contribution < 1.29 is 4.74 Å². The molecule has 1 aliphatic carbocycles. The van der Waals surface area contributed by atoms with Crippen LogP contribution in [0.2, 0.25) is 0 Å². The summed E-state index contributed by atoms with van der Waals surface area (Å²) in [4.78, 5) is 8.30. The van der Waals surface area contributed by atoms with Crippen molar-refractivity contribution in [3.05, 3.63) is 17.5 Å². The van der Waals surface area contributed by atoms with Crippen LogP contribution in [0.4, 0.5) is 0 Å². The number of rotatable bonds is 4. The van der Waals surface area contributed by atoms with Crippen molar-refractivity contribution in [2.45, 2.75) is 25.7 Å². The van der Waals surface area contributed by atoms with E-state index in [9.17, 15) is 0 Å². The van der Waals surface area contributed by atoms with Gasteiger partial charge in [0.1, 0.15) is 5.84 Å². The monoisotopic (exact) mass is 206 g/mol. The minimum Gasteiger partial charge on any atom is -0.464 e. The average molecular weight is 206 g/mol. The van der Waals surface area contributed by atoms with Crippen LogP contribution in [0.1, 0.15) is 36.9 Å². The lowest BCUT2D eigenvalue weighted by atomic mass is 10.1. The normalized spacial score (nSPS) is 15.0. The Kier molecular flexibility index (Phi) is 2.53. The molecule has 15 heavy (non-hydrogen) atoms. The molecule has 0 spiro atoms. The summed E-state index contributed by atoms with van der Waals surface area (Å²) in [5.41, 5.74) is 6.97. The second-order valence-electron chi connectivity index (χ2n) is 3.57. The molecule has 80 valence electrons. The summed E-state index contributed by atoms with van der Waals surface area (Å²) in [6.07, 6.45) is 3.81. The smallest absolute Gasteiger partial charge is 0.316 e. The first-order chi connectivity index (χ1) is 7.22. The molecular formula is C10H14N4O. The van der Waals surface area contributed by atoms with Crippen LogP contribution in [0.15, 0.2) is 6.20 Å². The summed E-state index contributed by atoms with van der Waals surface area (Å²) in [6.45, 7) is 2.43. The van der Waals surface area contributed by atoms with Crippen molar-refractivity contribution in [2.75, 3.05) is 6.61 Å². The van der Waals surface area contributed by atoms with Crippen LogP contribution in [0, 0.1) is 5.41 Å². The summed E-state index contributed by atoms with van der Waals surface area (Å²) in [5.74, 6) is 0.464. The molecule has 1 fully saturated rings. The highest BCUT2D eigenvalue weighted by atomic mass is 16.5. The van der Waals surface area contributed by atoms with Crippen LogP contribution < -0.4 is 10.5 Å². The molecular weight excluding hydrogens is 192 g/mol. The number of amidine groups is 1. The fraction of sp³-hybridized carbons (Fsp3) is 0.500. The molecule has 1 aromatic heterocycles. The first kappa shape index (κ1) is 9.89. The lowest BCUT2D eigenvalue weighted by Crippen LogP contribution is -2.16. The molecule has 1 heterocycles. The molecule has 0 amide bonds. The van der Waals surface area contributed by atoms with E-state index in [0.29, 0.717) is 24.1 Å². The van der Waals surface area contributed by atoms with Gasteiger partial charge in [0.2, 0.25) is 0 Å². The van der Waals surface area contributed by atoms with Gasteiger partial charge in [0.05, 0.1) is 17.9 Å². The zero-order chi connectivity index (χ0) is 10.8. The average Bonchev–Trinajstić information content (AvgIpc) is 3.01. The molecule has 1 aromatic rings. The van der Waals surface area contributed by atoms with Crippen molar-refractivity contribution in [1.82, 2.24) is 9.97 Å². The van der Waals surface area contributed by atoms with Crippen LogP contribution in [-0.2, 0) is 0 Å². The van der Waals surface area contributed by atoms with Gasteiger partial charge in [-0.3, -0.25) is 5.41 Å². The van der Waals surface area contributed by atoms with Crippen molar-refractivity contribution in [3.8, 4) is 6.01 Å². The van der Waals surface area contributed by atoms with Gasteiger partial charge in [-0.15, -0.1) is 0 Å². The number of ether oxygens (including phenoxy) is 1. The minimum atomic E-state index is 0.0277. The van der Waals surface area contributed by atoms with Crippen molar-refractivity contribution in [2.24, 2.45) is 5.73 Å². The van der Waals surface area contributed by atoms with E-state index in [1.807, 2.05) is 6.92 Å². The molecule has 0 unspecified atom stereocenters. The highest BCUT2D eigenvalue weighted by Gasteiger charge is 2.29. The Morgan fingerprint density at radius 3 is 2.93 bits per heavy atom. The lowest BCUT2D eigenvalue weighted by Gasteiger charge is -2.07. The fourth-order valence-corrected chi connectivity index (χ4v) is 1.45. The molecule has 0 radical (unpaired) electrons. The van der Waals surface area contributed by atoms with Gasteiger partial charge in [-0.1, -0.05) is 0 Å². The predicted octanol–water partition coefficient (Wildman–Crippen LogP) is 1.04. The van der Waals surface area contributed by atoms with Crippen LogP contribution in [0.25, 0.3) is 0 Å². The van der Waals surface area contributed by atoms with E-state index in [4.69, 9.17) is 15.9 Å². The van der Waals surface area contributed by atoms with Gasteiger partial charge in [-0.2, -0.15) is 4.98 Å². The number of nitrogen functional groups attached to an aromatic ring is 1. The second kappa shape index (κ2) is 3.84. The third kappa shape index (κ3) is 2.06. The zero-order valence-electron chi connectivity index (χ0n) is 8.66. The maximum absolute atomic E-state index is 7.43. The van der Waals surface area contributed by atoms with Crippen molar-refractivity contribution in [1.29, 1.82) is 5.41 Å². The molecule has 0 saturated heterocycles. The summed E-state index contributed by atoms with van der Waals surface area (Å²) >= 11 is 0. The molecule has 5 nitrogen and oxygen atoms in total. The van der Waals surface area contributed by atoms with Gasteiger partial charge in [0.25, 0.3) is 0 Å². The van der Waals surface area contributed by atoms with E-state index >= 15 is 0 Å². The first-order valence-corrected chi connectivity index (χ1v) is 5.06. The van der Waals surface area contributed by atoms with Crippen LogP contribution in [0.5, 0.6) is 6.01 Å². The summed E-state index contributed by atoms with van der Waals surface area (Å²) in [6, 6.07) is 0.379. The van der Waals surface area contributed by atoms with E-state index in [-0.39, 0.29) is 5.84 Å². The molecule has 2 rings (SSSR count). The maximum atomic E-state index is 7.43. The van der Waals surface area contributed by atoms with Gasteiger partial charge in [-0.25, -0.2) is 4.98 Å². The van der Waals surface area contributed by atoms with E-state index in [1.165, 1.54) is 0 Å². The molecule has 1 saturated carbocycles. The largest absolute Gasteiger partial charge is 0.464 e. The number of hydrogen-bond acceptors (Lipinski definition) is 4. The lowest BCUT2D eigenvalue weighted by molar-refractivity contribution is 0.311. The van der Waals surface area contributed by atoms with Crippen LogP contribution in [-0.4, -0.2) is 22.4 Å². The molecule has 0 aromatic carbocycles. The quantitative estimate of drug-likeness (QED) is 0.569. The highest BCUT2D eigenvalue weighted by Crippen LogP contribution is 2.40. The minimum absolute atomic E-state index is 0.0277. The SMILES string of the molecule is CCOc1ncc(C(=N)N)c(C2CC2)n1. The number of hydrogen-bond donors (Lipinski definition) is 2. The number of nitrogens with two attached hydrogens (primary N) is 1. The van der Waals surface area contributed by atoms with E-state index < -0.39 is 0 Å². The molecule has 0 aliphatic heterocycles. The van der Waals surface area contributed by atoms with E-state index in [2.05, 4.69) is 9.97 Å². The first-order valence-electron chi connectivity index (χ1n) is 5.06. The molecule has 0 bridgehead atoms. The Morgan fingerprint density at radius 2 is 2.40 bits per heavy atom.